The molecule has 1 aromatic carbocycles. The first-order valence-corrected chi connectivity index (χ1v) is 11.1. The molecule has 0 aliphatic heterocycles. The highest BCUT2D eigenvalue weighted by molar-refractivity contribution is 5.93. The molecule has 162 valence electrons. The van der Waals surface area contributed by atoms with E-state index in [1.807, 2.05) is 42.7 Å². The zero-order chi connectivity index (χ0) is 21.9. The molecule has 3 heterocycles. The van der Waals surface area contributed by atoms with Crippen molar-refractivity contribution in [1.82, 2.24) is 19.9 Å². The molecular weight excluding hydrogens is 400 g/mol. The Bertz CT molecular complexity index is 1220. The smallest absolute Gasteiger partial charge is 0.272 e. The molecule has 0 bridgehead atoms. The molecule has 1 fully saturated rings. The Labute approximate surface area is 186 Å². The van der Waals surface area contributed by atoms with Gasteiger partial charge in [0.2, 0.25) is 0 Å². The van der Waals surface area contributed by atoms with E-state index in [0.717, 1.165) is 53.5 Å². The van der Waals surface area contributed by atoms with Crippen LogP contribution in [0.3, 0.4) is 0 Å². The molecule has 5 rings (SSSR count). The standard InChI is InChI=1S/C26H26N4O2/c31-25-8-2-1-6-22(25)28-26(32)23-16-21(24-7-4-14-30(24)29-23)15-18-9-11-19(12-10-18)20-5-3-13-27-17-20/h3-5,7,9-14,16-17,22,25,31H,1-2,6,8,15H2,(H,28,32)/t22-,25-/m0/s1. The molecule has 2 atom stereocenters. The Morgan fingerprint density at radius 2 is 1.91 bits per heavy atom. The molecule has 2 N–H and O–H groups in total. The zero-order valence-electron chi connectivity index (χ0n) is 17.8. The Balaban J connectivity index is 1.39. The predicted molar refractivity (Wildman–Crippen MR) is 123 cm³/mol. The van der Waals surface area contributed by atoms with Crippen LogP contribution in [-0.2, 0) is 6.42 Å². The molecule has 4 aromatic rings. The number of nitrogens with zero attached hydrogens (tertiary/aromatic N) is 3. The molecule has 32 heavy (non-hydrogen) atoms. The highest BCUT2D eigenvalue weighted by atomic mass is 16.3. The number of aromatic nitrogens is 3. The largest absolute Gasteiger partial charge is 0.391 e. The van der Waals surface area contributed by atoms with Gasteiger partial charge in [0.1, 0.15) is 5.69 Å². The maximum Gasteiger partial charge on any atom is 0.272 e. The molecule has 3 aromatic heterocycles. The maximum atomic E-state index is 12.9. The van der Waals surface area contributed by atoms with Gasteiger partial charge in [-0.05, 0) is 65.8 Å². The van der Waals surface area contributed by atoms with Gasteiger partial charge >= 0.3 is 0 Å². The normalized spacial score (nSPS) is 18.5. The summed E-state index contributed by atoms with van der Waals surface area (Å²) in [4.78, 5) is 17.1. The topological polar surface area (TPSA) is 79.5 Å². The first-order valence-electron chi connectivity index (χ1n) is 11.1. The number of carbonyl (C=O) groups is 1. The quantitative estimate of drug-likeness (QED) is 0.505. The molecule has 1 aliphatic carbocycles. The van der Waals surface area contributed by atoms with Gasteiger partial charge in [-0.25, -0.2) is 4.52 Å². The van der Waals surface area contributed by atoms with Gasteiger partial charge in [-0.2, -0.15) is 5.10 Å². The lowest BCUT2D eigenvalue weighted by Gasteiger charge is -2.28. The van der Waals surface area contributed by atoms with Gasteiger partial charge in [-0.3, -0.25) is 9.78 Å². The molecule has 1 aliphatic rings. The Morgan fingerprint density at radius 3 is 2.69 bits per heavy atom. The molecule has 6 heteroatoms. The summed E-state index contributed by atoms with van der Waals surface area (Å²) in [5.41, 5.74) is 5.75. The van der Waals surface area contributed by atoms with Gasteiger partial charge < -0.3 is 10.4 Å². The fraction of sp³-hybridized carbons (Fsp3) is 0.269. The van der Waals surface area contributed by atoms with Gasteiger partial charge in [0, 0.05) is 18.6 Å². The first kappa shape index (κ1) is 20.4. The summed E-state index contributed by atoms with van der Waals surface area (Å²) >= 11 is 0. The van der Waals surface area contributed by atoms with Crippen molar-refractivity contribution in [2.24, 2.45) is 0 Å². The second-order valence-corrected chi connectivity index (χ2v) is 8.44. The lowest BCUT2D eigenvalue weighted by molar-refractivity contribution is 0.0713. The maximum absolute atomic E-state index is 12.9. The molecule has 1 saturated carbocycles. The number of hydrogen-bond acceptors (Lipinski definition) is 4. The van der Waals surface area contributed by atoms with Gasteiger partial charge in [-0.1, -0.05) is 43.2 Å². The van der Waals surface area contributed by atoms with Crippen LogP contribution in [0.15, 0.2) is 73.2 Å². The molecule has 1 amide bonds. The lowest BCUT2D eigenvalue weighted by Crippen LogP contribution is -2.45. The average Bonchev–Trinajstić information content (AvgIpc) is 3.31. The van der Waals surface area contributed by atoms with Crippen LogP contribution < -0.4 is 5.32 Å². The number of hydrogen-bond donors (Lipinski definition) is 2. The second kappa shape index (κ2) is 8.93. The van der Waals surface area contributed by atoms with Crippen molar-refractivity contribution >= 4 is 11.4 Å². The fourth-order valence-electron chi connectivity index (χ4n) is 4.44. The van der Waals surface area contributed by atoms with E-state index in [2.05, 4.69) is 39.7 Å². The number of fused-ring (bicyclic) bond motifs is 1. The van der Waals surface area contributed by atoms with Crippen LogP contribution in [0, 0.1) is 0 Å². The van der Waals surface area contributed by atoms with Gasteiger partial charge in [-0.15, -0.1) is 0 Å². The summed E-state index contributed by atoms with van der Waals surface area (Å²) in [6.07, 6.45) is 9.25. The Hall–Kier alpha value is -3.51. The van der Waals surface area contributed by atoms with E-state index in [-0.39, 0.29) is 11.9 Å². The van der Waals surface area contributed by atoms with Crippen molar-refractivity contribution in [3.05, 3.63) is 90.0 Å². The highest BCUT2D eigenvalue weighted by Gasteiger charge is 2.25. The minimum atomic E-state index is -0.485. The Morgan fingerprint density at radius 1 is 1.06 bits per heavy atom. The van der Waals surface area contributed by atoms with Crippen LogP contribution in [0.2, 0.25) is 0 Å². The monoisotopic (exact) mass is 426 g/mol. The predicted octanol–water partition coefficient (Wildman–Crippen LogP) is 4.02. The zero-order valence-corrected chi connectivity index (χ0v) is 17.8. The van der Waals surface area contributed by atoms with Crippen LogP contribution in [0.4, 0.5) is 0 Å². The molecule has 6 nitrogen and oxygen atoms in total. The number of carbonyl (C=O) groups excluding carboxylic acids is 1. The average molecular weight is 427 g/mol. The molecule has 0 unspecified atom stereocenters. The summed E-state index contributed by atoms with van der Waals surface area (Å²) in [6, 6.07) is 18.0. The van der Waals surface area contributed by atoms with E-state index in [4.69, 9.17) is 0 Å². The molecular formula is C26H26N4O2. The van der Waals surface area contributed by atoms with Gasteiger partial charge in [0.25, 0.3) is 5.91 Å². The minimum Gasteiger partial charge on any atom is -0.391 e. The number of rotatable bonds is 5. The third-order valence-corrected chi connectivity index (χ3v) is 6.21. The Kier molecular flexibility index (Phi) is 5.69. The molecule has 0 spiro atoms. The number of aliphatic hydroxyl groups is 1. The van der Waals surface area contributed by atoms with E-state index >= 15 is 0 Å². The fourth-order valence-corrected chi connectivity index (χ4v) is 4.44. The lowest BCUT2D eigenvalue weighted by atomic mass is 9.92. The van der Waals surface area contributed by atoms with Crippen LogP contribution in [0.1, 0.15) is 47.3 Å². The van der Waals surface area contributed by atoms with Crippen molar-refractivity contribution in [2.75, 3.05) is 0 Å². The number of pyridine rings is 1. The third-order valence-electron chi connectivity index (χ3n) is 6.21. The van der Waals surface area contributed by atoms with E-state index in [1.165, 1.54) is 0 Å². The third kappa shape index (κ3) is 4.27. The van der Waals surface area contributed by atoms with E-state index < -0.39 is 6.10 Å². The van der Waals surface area contributed by atoms with Crippen molar-refractivity contribution in [3.63, 3.8) is 0 Å². The summed E-state index contributed by atoms with van der Waals surface area (Å²) in [5, 5.41) is 17.7. The van der Waals surface area contributed by atoms with Gasteiger partial charge in [0.15, 0.2) is 0 Å². The van der Waals surface area contributed by atoms with E-state index in [9.17, 15) is 9.90 Å². The summed E-state index contributed by atoms with van der Waals surface area (Å²) in [6.45, 7) is 0. The SMILES string of the molecule is O=C(N[C@H]1CCCC[C@@H]1O)c1cc(Cc2ccc(-c3cccnc3)cc2)c2cccn2n1. The number of aliphatic hydroxyl groups excluding tert-OH is 1. The van der Waals surface area contributed by atoms with E-state index in [0.29, 0.717) is 12.1 Å². The highest BCUT2D eigenvalue weighted by Crippen LogP contribution is 2.22. The number of benzene rings is 1. The molecule has 0 saturated heterocycles. The van der Waals surface area contributed by atoms with Crippen LogP contribution in [-0.4, -0.2) is 37.8 Å². The second-order valence-electron chi connectivity index (χ2n) is 8.44. The summed E-state index contributed by atoms with van der Waals surface area (Å²) in [7, 11) is 0. The number of amides is 1. The van der Waals surface area contributed by atoms with Crippen LogP contribution in [0.25, 0.3) is 16.6 Å². The van der Waals surface area contributed by atoms with Crippen molar-refractivity contribution in [2.45, 2.75) is 44.2 Å². The summed E-state index contributed by atoms with van der Waals surface area (Å²) in [5.74, 6) is -0.236. The van der Waals surface area contributed by atoms with Crippen LogP contribution in [0.5, 0.6) is 0 Å². The van der Waals surface area contributed by atoms with Crippen LogP contribution >= 0.6 is 0 Å². The van der Waals surface area contributed by atoms with Crippen molar-refractivity contribution in [3.8, 4) is 11.1 Å². The summed E-state index contributed by atoms with van der Waals surface area (Å²) < 4.78 is 1.76. The minimum absolute atomic E-state index is 0.207. The van der Waals surface area contributed by atoms with Gasteiger partial charge in [0.05, 0.1) is 17.7 Å². The number of nitrogens with one attached hydrogen (secondary N) is 1. The van der Waals surface area contributed by atoms with Crippen molar-refractivity contribution in [1.29, 1.82) is 0 Å². The first-order chi connectivity index (χ1) is 15.7. The van der Waals surface area contributed by atoms with Crippen molar-refractivity contribution < 1.29 is 9.90 Å². The molecule has 0 radical (unpaired) electrons. The van der Waals surface area contributed by atoms with E-state index in [1.54, 1.807) is 10.7 Å².